The van der Waals surface area contributed by atoms with Gasteiger partial charge in [0.25, 0.3) is 5.91 Å². The van der Waals surface area contributed by atoms with E-state index in [9.17, 15) is 4.79 Å². The largest absolute Gasteiger partial charge is 0.373 e. The minimum Gasteiger partial charge on any atom is -0.373 e. The summed E-state index contributed by atoms with van der Waals surface area (Å²) < 4.78 is 6.02. The van der Waals surface area contributed by atoms with Gasteiger partial charge in [-0.1, -0.05) is 36.4 Å². The first-order valence-corrected chi connectivity index (χ1v) is 8.18. The average Bonchev–Trinajstić information content (AvgIpc) is 2.62. The molecule has 2 aromatic rings. The summed E-state index contributed by atoms with van der Waals surface area (Å²) in [6, 6.07) is 15.7. The van der Waals surface area contributed by atoms with E-state index in [-0.39, 0.29) is 18.1 Å². The fourth-order valence-corrected chi connectivity index (χ4v) is 2.97. The molecule has 0 aliphatic heterocycles. The van der Waals surface area contributed by atoms with Gasteiger partial charge in [0.05, 0.1) is 12.7 Å². The molecule has 1 N–H and O–H groups in total. The highest BCUT2D eigenvalue weighted by atomic mass is 16.5. The Labute approximate surface area is 136 Å². The van der Waals surface area contributed by atoms with Crippen LogP contribution in [0.4, 0.5) is 0 Å². The standard InChI is InChI=1S/C19H22N2O2/c22-19(18-11-4-5-12-20-18)21-16-9-6-10-17(13-16)23-14-15-7-2-1-3-8-15/h1-5,7-8,11-12,16-17H,6,9-10,13-14H2,(H,21,22)/t16-,17+/m0/s1. The van der Waals surface area contributed by atoms with Crippen LogP contribution in [-0.4, -0.2) is 23.0 Å². The van der Waals surface area contributed by atoms with Crippen LogP contribution in [0.25, 0.3) is 0 Å². The van der Waals surface area contributed by atoms with Crippen LogP contribution >= 0.6 is 0 Å². The molecule has 0 spiro atoms. The number of hydrogen-bond donors (Lipinski definition) is 1. The molecule has 0 bridgehead atoms. The number of hydrogen-bond acceptors (Lipinski definition) is 3. The van der Waals surface area contributed by atoms with Crippen molar-refractivity contribution in [2.45, 2.75) is 44.4 Å². The Morgan fingerprint density at radius 1 is 1.13 bits per heavy atom. The van der Waals surface area contributed by atoms with Gasteiger partial charge < -0.3 is 10.1 Å². The summed E-state index contributed by atoms with van der Waals surface area (Å²) in [5, 5.41) is 3.08. The van der Waals surface area contributed by atoms with Crippen molar-refractivity contribution in [3.63, 3.8) is 0 Å². The Morgan fingerprint density at radius 2 is 1.96 bits per heavy atom. The number of aromatic nitrogens is 1. The highest BCUT2D eigenvalue weighted by Gasteiger charge is 2.24. The predicted molar refractivity (Wildman–Crippen MR) is 89.0 cm³/mol. The third kappa shape index (κ3) is 4.63. The number of rotatable bonds is 5. The first kappa shape index (κ1) is 15.7. The number of carbonyl (C=O) groups is 1. The minimum absolute atomic E-state index is 0.0979. The molecule has 1 aromatic carbocycles. The molecule has 3 rings (SSSR count). The van der Waals surface area contributed by atoms with E-state index in [2.05, 4.69) is 22.4 Å². The van der Waals surface area contributed by atoms with Crippen molar-refractivity contribution in [1.29, 1.82) is 0 Å². The van der Waals surface area contributed by atoms with Crippen LogP contribution < -0.4 is 5.32 Å². The summed E-state index contributed by atoms with van der Waals surface area (Å²) >= 11 is 0. The van der Waals surface area contributed by atoms with E-state index in [0.717, 1.165) is 25.7 Å². The number of amides is 1. The smallest absolute Gasteiger partial charge is 0.270 e. The molecule has 1 aliphatic carbocycles. The van der Waals surface area contributed by atoms with Crippen LogP contribution in [-0.2, 0) is 11.3 Å². The lowest BCUT2D eigenvalue weighted by molar-refractivity contribution is 0.00875. The topological polar surface area (TPSA) is 51.2 Å². The molecule has 1 amide bonds. The molecule has 0 unspecified atom stereocenters. The second-order valence-corrected chi connectivity index (χ2v) is 5.97. The van der Waals surface area contributed by atoms with Crippen molar-refractivity contribution >= 4 is 5.91 Å². The number of benzene rings is 1. The minimum atomic E-state index is -0.0979. The molecule has 0 saturated heterocycles. The van der Waals surface area contributed by atoms with E-state index in [4.69, 9.17) is 4.74 Å². The van der Waals surface area contributed by atoms with Crippen LogP contribution in [0.2, 0.25) is 0 Å². The Bertz CT molecular complexity index is 616. The van der Waals surface area contributed by atoms with Crippen molar-refractivity contribution < 1.29 is 9.53 Å². The van der Waals surface area contributed by atoms with Crippen LogP contribution in [0.15, 0.2) is 54.7 Å². The lowest BCUT2D eigenvalue weighted by atomic mass is 9.92. The van der Waals surface area contributed by atoms with Gasteiger partial charge in [-0.3, -0.25) is 9.78 Å². The van der Waals surface area contributed by atoms with E-state index in [1.165, 1.54) is 5.56 Å². The van der Waals surface area contributed by atoms with Crippen molar-refractivity contribution in [3.8, 4) is 0 Å². The molecular formula is C19H22N2O2. The van der Waals surface area contributed by atoms with Gasteiger partial charge in [-0.2, -0.15) is 0 Å². The molecular weight excluding hydrogens is 288 g/mol. The molecule has 0 radical (unpaired) electrons. The molecule has 1 aliphatic rings. The van der Waals surface area contributed by atoms with E-state index < -0.39 is 0 Å². The maximum absolute atomic E-state index is 12.2. The monoisotopic (exact) mass is 310 g/mol. The van der Waals surface area contributed by atoms with Gasteiger partial charge in [0, 0.05) is 12.2 Å². The van der Waals surface area contributed by atoms with Crippen molar-refractivity contribution in [1.82, 2.24) is 10.3 Å². The van der Waals surface area contributed by atoms with Gasteiger partial charge in [-0.25, -0.2) is 0 Å². The second-order valence-electron chi connectivity index (χ2n) is 5.97. The zero-order chi connectivity index (χ0) is 15.9. The average molecular weight is 310 g/mol. The predicted octanol–water partition coefficient (Wildman–Crippen LogP) is 3.34. The maximum Gasteiger partial charge on any atom is 0.270 e. The van der Waals surface area contributed by atoms with Crippen molar-refractivity contribution in [3.05, 3.63) is 66.0 Å². The normalized spacial score (nSPS) is 20.9. The molecule has 1 saturated carbocycles. The van der Waals surface area contributed by atoms with Gasteiger partial charge in [-0.05, 0) is 43.4 Å². The van der Waals surface area contributed by atoms with E-state index in [1.54, 1.807) is 12.3 Å². The van der Waals surface area contributed by atoms with E-state index in [1.807, 2.05) is 30.3 Å². The molecule has 1 fully saturated rings. The van der Waals surface area contributed by atoms with Gasteiger partial charge in [-0.15, -0.1) is 0 Å². The van der Waals surface area contributed by atoms with Crippen LogP contribution in [0.3, 0.4) is 0 Å². The first-order chi connectivity index (χ1) is 11.3. The molecule has 2 atom stereocenters. The number of pyridine rings is 1. The van der Waals surface area contributed by atoms with Crippen LogP contribution in [0, 0.1) is 0 Å². The summed E-state index contributed by atoms with van der Waals surface area (Å²) in [6.07, 6.45) is 5.85. The molecule has 1 aromatic heterocycles. The maximum atomic E-state index is 12.2. The van der Waals surface area contributed by atoms with E-state index >= 15 is 0 Å². The first-order valence-electron chi connectivity index (χ1n) is 8.18. The summed E-state index contributed by atoms with van der Waals surface area (Å²) in [4.78, 5) is 16.3. The second kappa shape index (κ2) is 7.88. The number of nitrogens with one attached hydrogen (secondary N) is 1. The summed E-state index contributed by atoms with van der Waals surface area (Å²) in [7, 11) is 0. The number of nitrogens with zero attached hydrogens (tertiary/aromatic N) is 1. The molecule has 120 valence electrons. The lowest BCUT2D eigenvalue weighted by Crippen LogP contribution is -2.40. The van der Waals surface area contributed by atoms with Gasteiger partial charge in [0.2, 0.25) is 0 Å². The zero-order valence-electron chi connectivity index (χ0n) is 13.2. The summed E-state index contributed by atoms with van der Waals surface area (Å²) in [5.41, 5.74) is 1.66. The fraction of sp³-hybridized carbons (Fsp3) is 0.368. The molecule has 1 heterocycles. The third-order valence-corrected chi connectivity index (χ3v) is 4.19. The van der Waals surface area contributed by atoms with Crippen molar-refractivity contribution in [2.75, 3.05) is 0 Å². The third-order valence-electron chi connectivity index (χ3n) is 4.19. The van der Waals surface area contributed by atoms with Gasteiger partial charge in [0.1, 0.15) is 5.69 Å². The summed E-state index contributed by atoms with van der Waals surface area (Å²) in [6.45, 7) is 0.631. The highest BCUT2D eigenvalue weighted by Crippen LogP contribution is 2.22. The Hall–Kier alpha value is -2.20. The Balaban J connectivity index is 1.49. The van der Waals surface area contributed by atoms with E-state index in [0.29, 0.717) is 12.3 Å². The Morgan fingerprint density at radius 3 is 2.74 bits per heavy atom. The van der Waals surface area contributed by atoms with Crippen LogP contribution in [0.1, 0.15) is 41.7 Å². The van der Waals surface area contributed by atoms with Crippen molar-refractivity contribution in [2.24, 2.45) is 0 Å². The molecule has 4 heteroatoms. The van der Waals surface area contributed by atoms with Gasteiger partial charge >= 0.3 is 0 Å². The number of ether oxygens (including phenoxy) is 1. The summed E-state index contributed by atoms with van der Waals surface area (Å²) in [5.74, 6) is -0.0979. The Kier molecular flexibility index (Phi) is 5.37. The molecule has 23 heavy (non-hydrogen) atoms. The number of carbonyl (C=O) groups excluding carboxylic acids is 1. The quantitative estimate of drug-likeness (QED) is 0.921. The zero-order valence-corrected chi connectivity index (χ0v) is 13.2. The molecule has 4 nitrogen and oxygen atoms in total. The fourth-order valence-electron chi connectivity index (χ4n) is 2.97. The highest BCUT2D eigenvalue weighted by molar-refractivity contribution is 5.92. The SMILES string of the molecule is O=C(N[C@H]1CCC[C@@H](OCc2ccccc2)C1)c1ccccn1. The van der Waals surface area contributed by atoms with Crippen LogP contribution in [0.5, 0.6) is 0 Å². The van der Waals surface area contributed by atoms with Gasteiger partial charge in [0.15, 0.2) is 0 Å². The lowest BCUT2D eigenvalue weighted by Gasteiger charge is -2.29.